The first-order chi connectivity index (χ1) is 5.43. The normalized spacial score (nSPS) is 12.5. The lowest BCUT2D eigenvalue weighted by Crippen LogP contribution is -2.19. The van der Waals surface area contributed by atoms with Crippen LogP contribution in [0, 0.1) is 0 Å². The van der Waals surface area contributed by atoms with Crippen LogP contribution in [0.2, 0.25) is 0 Å². The lowest BCUT2D eigenvalue weighted by molar-refractivity contribution is 0.0638. The molecular formula is C8H12F2N2. The van der Waals surface area contributed by atoms with Gasteiger partial charge in [-0.2, -0.15) is 8.78 Å². The SMILES string of the molecule is CC(C)(C)c1nccn1C(F)F. The van der Waals surface area contributed by atoms with E-state index >= 15 is 0 Å². The molecule has 0 aliphatic rings. The summed E-state index contributed by atoms with van der Waals surface area (Å²) >= 11 is 0. The second kappa shape index (κ2) is 2.84. The third-order valence-corrected chi connectivity index (χ3v) is 1.55. The number of alkyl halides is 2. The van der Waals surface area contributed by atoms with Crippen LogP contribution in [0.5, 0.6) is 0 Å². The fourth-order valence-electron chi connectivity index (χ4n) is 1.05. The molecule has 68 valence electrons. The molecule has 0 fully saturated rings. The van der Waals surface area contributed by atoms with Gasteiger partial charge < -0.3 is 0 Å². The minimum atomic E-state index is -2.50. The molecular weight excluding hydrogens is 162 g/mol. The van der Waals surface area contributed by atoms with Crippen LogP contribution in [0.25, 0.3) is 0 Å². The van der Waals surface area contributed by atoms with Crippen molar-refractivity contribution < 1.29 is 8.78 Å². The highest BCUT2D eigenvalue weighted by Crippen LogP contribution is 2.24. The third-order valence-electron chi connectivity index (χ3n) is 1.55. The number of nitrogens with zero attached hydrogens (tertiary/aromatic N) is 2. The number of hydrogen-bond acceptors (Lipinski definition) is 1. The Labute approximate surface area is 70.2 Å². The first-order valence-electron chi connectivity index (χ1n) is 3.74. The van der Waals surface area contributed by atoms with Crippen LogP contribution >= 0.6 is 0 Å². The second-order valence-electron chi connectivity index (χ2n) is 3.69. The molecule has 0 aliphatic carbocycles. The lowest BCUT2D eigenvalue weighted by Gasteiger charge is -2.18. The Kier molecular flexibility index (Phi) is 2.17. The van der Waals surface area contributed by atoms with Gasteiger partial charge in [-0.15, -0.1) is 0 Å². The largest absolute Gasteiger partial charge is 0.319 e. The Hall–Kier alpha value is -0.930. The molecule has 4 heteroatoms. The minimum Gasteiger partial charge on any atom is -0.277 e. The van der Waals surface area contributed by atoms with E-state index in [0.29, 0.717) is 5.82 Å². The van der Waals surface area contributed by atoms with E-state index in [9.17, 15) is 8.78 Å². The molecule has 1 heterocycles. The fraction of sp³-hybridized carbons (Fsp3) is 0.625. The van der Waals surface area contributed by atoms with Crippen molar-refractivity contribution in [2.75, 3.05) is 0 Å². The molecule has 0 saturated heterocycles. The number of imidazole rings is 1. The minimum absolute atomic E-state index is 0.333. The highest BCUT2D eigenvalue weighted by Gasteiger charge is 2.22. The average Bonchev–Trinajstić information content (AvgIpc) is 2.30. The topological polar surface area (TPSA) is 17.8 Å². The molecule has 0 radical (unpaired) electrons. The van der Waals surface area contributed by atoms with Gasteiger partial charge in [-0.1, -0.05) is 20.8 Å². The maximum absolute atomic E-state index is 12.3. The van der Waals surface area contributed by atoms with Gasteiger partial charge in [-0.3, -0.25) is 4.57 Å². The van der Waals surface area contributed by atoms with E-state index < -0.39 is 6.55 Å². The van der Waals surface area contributed by atoms with Gasteiger partial charge in [0.05, 0.1) is 0 Å². The summed E-state index contributed by atoms with van der Waals surface area (Å²) in [6.07, 6.45) is 2.69. The monoisotopic (exact) mass is 174 g/mol. The zero-order chi connectivity index (χ0) is 9.35. The summed E-state index contributed by atoms with van der Waals surface area (Å²) in [4.78, 5) is 3.89. The molecule has 1 aromatic heterocycles. The quantitative estimate of drug-likeness (QED) is 0.639. The first-order valence-corrected chi connectivity index (χ1v) is 3.74. The molecule has 0 saturated carbocycles. The van der Waals surface area contributed by atoms with Gasteiger partial charge >= 0.3 is 6.55 Å². The van der Waals surface area contributed by atoms with Crippen molar-refractivity contribution in [3.05, 3.63) is 18.2 Å². The molecule has 1 rings (SSSR count). The predicted molar refractivity (Wildman–Crippen MR) is 42.2 cm³/mol. The van der Waals surface area contributed by atoms with Gasteiger partial charge in [0.25, 0.3) is 0 Å². The predicted octanol–water partition coefficient (Wildman–Crippen LogP) is 2.58. The molecule has 0 atom stereocenters. The summed E-state index contributed by atoms with van der Waals surface area (Å²) in [6.45, 7) is 3.07. The standard InChI is InChI=1S/C8H12F2N2/c1-8(2,3)6-11-4-5-12(6)7(9)10/h4-5,7H,1-3H3. The Morgan fingerprint density at radius 3 is 2.33 bits per heavy atom. The van der Waals surface area contributed by atoms with Gasteiger partial charge in [-0.25, -0.2) is 4.98 Å². The first kappa shape index (κ1) is 9.16. The van der Waals surface area contributed by atoms with Crippen LogP contribution in [0.1, 0.15) is 33.1 Å². The van der Waals surface area contributed by atoms with Crippen molar-refractivity contribution in [2.45, 2.75) is 32.7 Å². The van der Waals surface area contributed by atoms with Gasteiger partial charge in [0.1, 0.15) is 5.82 Å². The maximum atomic E-state index is 12.3. The third kappa shape index (κ3) is 1.62. The second-order valence-corrected chi connectivity index (χ2v) is 3.69. The average molecular weight is 174 g/mol. The molecule has 0 aliphatic heterocycles. The van der Waals surface area contributed by atoms with Crippen molar-refractivity contribution in [1.29, 1.82) is 0 Å². The molecule has 0 bridgehead atoms. The molecule has 0 N–H and O–H groups in total. The summed E-state index contributed by atoms with van der Waals surface area (Å²) in [5, 5.41) is 0. The molecule has 0 unspecified atom stereocenters. The van der Waals surface area contributed by atoms with Crippen molar-refractivity contribution >= 4 is 0 Å². The van der Waals surface area contributed by atoms with Crippen molar-refractivity contribution in [2.24, 2.45) is 0 Å². The summed E-state index contributed by atoms with van der Waals surface area (Å²) in [5.41, 5.74) is -0.333. The Bertz CT molecular complexity index is 260. The maximum Gasteiger partial charge on any atom is 0.319 e. The molecule has 0 amide bonds. The van der Waals surface area contributed by atoms with E-state index in [1.54, 1.807) is 0 Å². The smallest absolute Gasteiger partial charge is 0.277 e. The van der Waals surface area contributed by atoms with Crippen LogP contribution in [-0.4, -0.2) is 9.55 Å². The zero-order valence-corrected chi connectivity index (χ0v) is 7.38. The molecule has 0 aromatic carbocycles. The van der Waals surface area contributed by atoms with Crippen molar-refractivity contribution in [3.63, 3.8) is 0 Å². The number of aromatic nitrogens is 2. The van der Waals surface area contributed by atoms with E-state index in [-0.39, 0.29) is 5.41 Å². The summed E-state index contributed by atoms with van der Waals surface area (Å²) < 4.78 is 25.5. The van der Waals surface area contributed by atoms with Crippen LogP contribution in [-0.2, 0) is 5.41 Å². The van der Waals surface area contributed by atoms with E-state index in [0.717, 1.165) is 4.57 Å². The summed E-state index contributed by atoms with van der Waals surface area (Å²) in [7, 11) is 0. The zero-order valence-electron chi connectivity index (χ0n) is 7.38. The lowest BCUT2D eigenvalue weighted by atomic mass is 9.96. The van der Waals surface area contributed by atoms with Crippen LogP contribution in [0.4, 0.5) is 8.78 Å². The van der Waals surface area contributed by atoms with Crippen LogP contribution in [0.15, 0.2) is 12.4 Å². The van der Waals surface area contributed by atoms with Crippen LogP contribution in [0.3, 0.4) is 0 Å². The van der Waals surface area contributed by atoms with E-state index in [4.69, 9.17) is 0 Å². The Balaban J connectivity index is 3.08. The van der Waals surface area contributed by atoms with Gasteiger partial charge in [0.15, 0.2) is 0 Å². The van der Waals surface area contributed by atoms with Gasteiger partial charge in [0.2, 0.25) is 0 Å². The highest BCUT2D eigenvalue weighted by atomic mass is 19.3. The Morgan fingerprint density at radius 1 is 1.42 bits per heavy atom. The van der Waals surface area contributed by atoms with E-state index in [1.165, 1.54) is 12.4 Å². The van der Waals surface area contributed by atoms with Gasteiger partial charge in [0, 0.05) is 17.8 Å². The summed E-state index contributed by atoms with van der Waals surface area (Å²) in [5.74, 6) is 0.414. The summed E-state index contributed by atoms with van der Waals surface area (Å²) in [6, 6.07) is 0. The van der Waals surface area contributed by atoms with Crippen molar-refractivity contribution in [3.8, 4) is 0 Å². The number of rotatable bonds is 1. The molecule has 0 spiro atoms. The van der Waals surface area contributed by atoms with Crippen molar-refractivity contribution in [1.82, 2.24) is 9.55 Å². The van der Waals surface area contributed by atoms with E-state index in [2.05, 4.69) is 4.98 Å². The Morgan fingerprint density at radius 2 is 2.00 bits per heavy atom. The number of halogens is 2. The highest BCUT2D eigenvalue weighted by molar-refractivity contribution is 5.04. The number of hydrogen-bond donors (Lipinski definition) is 0. The molecule has 12 heavy (non-hydrogen) atoms. The van der Waals surface area contributed by atoms with E-state index in [1.807, 2.05) is 20.8 Å². The van der Waals surface area contributed by atoms with Gasteiger partial charge in [-0.05, 0) is 0 Å². The molecule has 1 aromatic rings. The fourth-order valence-corrected chi connectivity index (χ4v) is 1.05. The molecule has 2 nitrogen and oxygen atoms in total. The van der Waals surface area contributed by atoms with Crippen LogP contribution < -0.4 is 0 Å².